The van der Waals surface area contributed by atoms with Crippen LogP contribution in [0.25, 0.3) is 0 Å². The maximum absolute atomic E-state index is 5.69. The van der Waals surface area contributed by atoms with Gasteiger partial charge in [-0.2, -0.15) is 0 Å². The molecule has 16 heavy (non-hydrogen) atoms. The summed E-state index contributed by atoms with van der Waals surface area (Å²) in [6.07, 6.45) is 1.00. The molecule has 1 aromatic carbocycles. The fraction of sp³-hybridized carbons (Fsp3) is 0.538. The number of nitrogens with two attached hydrogens (primary N) is 1. The Morgan fingerprint density at radius 2 is 2.00 bits per heavy atom. The molecule has 90 valence electrons. The van der Waals surface area contributed by atoms with Crippen LogP contribution >= 0.6 is 15.9 Å². The second-order valence-corrected chi connectivity index (χ2v) is 5.27. The highest BCUT2D eigenvalue weighted by molar-refractivity contribution is 9.10. The Morgan fingerprint density at radius 1 is 1.31 bits per heavy atom. The lowest BCUT2D eigenvalue weighted by Crippen LogP contribution is -2.20. The molecule has 0 saturated carbocycles. The van der Waals surface area contributed by atoms with Crippen molar-refractivity contribution in [1.29, 1.82) is 0 Å². The summed E-state index contributed by atoms with van der Waals surface area (Å²) >= 11 is 3.49. The number of benzene rings is 1. The highest BCUT2D eigenvalue weighted by atomic mass is 79.9. The standard InChI is InChI=1S/C13H20BrNO/c1-9(10(2)8-15)6-11-7-12(14)4-5-13(11)16-3/h4-5,7,9-10H,6,8,15H2,1-3H3. The zero-order valence-corrected chi connectivity index (χ0v) is 11.8. The van der Waals surface area contributed by atoms with E-state index in [2.05, 4.69) is 35.8 Å². The Hall–Kier alpha value is -0.540. The van der Waals surface area contributed by atoms with Crippen LogP contribution in [0.5, 0.6) is 5.75 Å². The van der Waals surface area contributed by atoms with Crippen molar-refractivity contribution in [3.05, 3.63) is 28.2 Å². The van der Waals surface area contributed by atoms with Crippen molar-refractivity contribution < 1.29 is 4.74 Å². The first-order valence-electron chi connectivity index (χ1n) is 5.61. The van der Waals surface area contributed by atoms with E-state index in [1.165, 1.54) is 5.56 Å². The van der Waals surface area contributed by atoms with Gasteiger partial charge in [-0.1, -0.05) is 29.8 Å². The summed E-state index contributed by atoms with van der Waals surface area (Å²) in [5, 5.41) is 0. The fourth-order valence-electron chi connectivity index (χ4n) is 1.69. The highest BCUT2D eigenvalue weighted by Gasteiger charge is 2.14. The SMILES string of the molecule is COc1ccc(Br)cc1CC(C)C(C)CN. The van der Waals surface area contributed by atoms with Crippen LogP contribution in [-0.4, -0.2) is 13.7 Å². The minimum Gasteiger partial charge on any atom is -0.496 e. The summed E-state index contributed by atoms with van der Waals surface area (Å²) in [5.41, 5.74) is 6.93. The number of methoxy groups -OCH3 is 1. The first kappa shape index (κ1) is 13.5. The third-order valence-electron chi connectivity index (χ3n) is 3.13. The lowest BCUT2D eigenvalue weighted by atomic mass is 9.89. The van der Waals surface area contributed by atoms with Gasteiger partial charge in [0.05, 0.1) is 7.11 Å². The molecule has 1 rings (SSSR count). The molecule has 2 N–H and O–H groups in total. The molecule has 0 amide bonds. The van der Waals surface area contributed by atoms with E-state index < -0.39 is 0 Å². The van der Waals surface area contributed by atoms with Crippen molar-refractivity contribution in [1.82, 2.24) is 0 Å². The van der Waals surface area contributed by atoms with Crippen molar-refractivity contribution in [3.63, 3.8) is 0 Å². The number of ether oxygens (including phenoxy) is 1. The van der Waals surface area contributed by atoms with Gasteiger partial charge in [-0.05, 0) is 48.6 Å². The molecule has 0 aromatic heterocycles. The van der Waals surface area contributed by atoms with Gasteiger partial charge in [0.1, 0.15) is 5.75 Å². The van der Waals surface area contributed by atoms with Gasteiger partial charge in [0.2, 0.25) is 0 Å². The van der Waals surface area contributed by atoms with E-state index in [1.54, 1.807) is 7.11 Å². The molecule has 1 aromatic rings. The molecule has 0 radical (unpaired) electrons. The second-order valence-electron chi connectivity index (χ2n) is 4.35. The van der Waals surface area contributed by atoms with E-state index in [4.69, 9.17) is 10.5 Å². The summed E-state index contributed by atoms with van der Waals surface area (Å²) in [6, 6.07) is 6.12. The maximum Gasteiger partial charge on any atom is 0.122 e. The minimum absolute atomic E-state index is 0.531. The summed E-state index contributed by atoms with van der Waals surface area (Å²) in [6.45, 7) is 5.16. The number of hydrogen-bond acceptors (Lipinski definition) is 2. The molecule has 0 aliphatic heterocycles. The van der Waals surface area contributed by atoms with Crippen LogP contribution in [0.3, 0.4) is 0 Å². The Morgan fingerprint density at radius 3 is 2.56 bits per heavy atom. The smallest absolute Gasteiger partial charge is 0.122 e. The lowest BCUT2D eigenvalue weighted by Gasteiger charge is -2.19. The van der Waals surface area contributed by atoms with Gasteiger partial charge in [-0.15, -0.1) is 0 Å². The van der Waals surface area contributed by atoms with E-state index >= 15 is 0 Å². The summed E-state index contributed by atoms with van der Waals surface area (Å²) < 4.78 is 6.46. The molecule has 0 saturated heterocycles. The molecular weight excluding hydrogens is 266 g/mol. The molecule has 2 atom stereocenters. The summed E-state index contributed by atoms with van der Waals surface area (Å²) in [4.78, 5) is 0. The molecular formula is C13H20BrNO. The van der Waals surface area contributed by atoms with Crippen LogP contribution in [0.4, 0.5) is 0 Å². The fourth-order valence-corrected chi connectivity index (χ4v) is 2.10. The largest absolute Gasteiger partial charge is 0.496 e. The average Bonchev–Trinajstić information content (AvgIpc) is 2.28. The predicted molar refractivity (Wildman–Crippen MR) is 71.8 cm³/mol. The number of hydrogen-bond donors (Lipinski definition) is 1. The van der Waals surface area contributed by atoms with Crippen LogP contribution in [0.1, 0.15) is 19.4 Å². The van der Waals surface area contributed by atoms with E-state index in [-0.39, 0.29) is 0 Å². The molecule has 0 fully saturated rings. The lowest BCUT2D eigenvalue weighted by molar-refractivity contribution is 0.375. The summed E-state index contributed by atoms with van der Waals surface area (Å²) in [5.74, 6) is 2.05. The van der Waals surface area contributed by atoms with Gasteiger partial charge in [-0.25, -0.2) is 0 Å². The van der Waals surface area contributed by atoms with E-state index in [9.17, 15) is 0 Å². The van der Waals surface area contributed by atoms with Crippen molar-refractivity contribution >= 4 is 15.9 Å². The number of rotatable bonds is 5. The first-order valence-corrected chi connectivity index (χ1v) is 6.40. The van der Waals surface area contributed by atoms with Crippen LogP contribution in [0.15, 0.2) is 22.7 Å². The Bertz CT molecular complexity index is 341. The summed E-state index contributed by atoms with van der Waals surface area (Å²) in [7, 11) is 1.71. The van der Waals surface area contributed by atoms with Gasteiger partial charge in [-0.3, -0.25) is 0 Å². The average molecular weight is 286 g/mol. The van der Waals surface area contributed by atoms with Gasteiger partial charge < -0.3 is 10.5 Å². The van der Waals surface area contributed by atoms with Crippen molar-refractivity contribution in [2.75, 3.05) is 13.7 Å². The maximum atomic E-state index is 5.69. The second kappa shape index (κ2) is 6.26. The van der Waals surface area contributed by atoms with E-state index in [1.807, 2.05) is 12.1 Å². The molecule has 3 heteroatoms. The van der Waals surface area contributed by atoms with E-state index in [0.29, 0.717) is 11.8 Å². The van der Waals surface area contributed by atoms with Crippen LogP contribution in [0.2, 0.25) is 0 Å². The van der Waals surface area contributed by atoms with Crippen molar-refractivity contribution in [2.24, 2.45) is 17.6 Å². The van der Waals surface area contributed by atoms with Crippen LogP contribution < -0.4 is 10.5 Å². The molecule has 0 spiro atoms. The monoisotopic (exact) mass is 285 g/mol. The highest BCUT2D eigenvalue weighted by Crippen LogP contribution is 2.27. The molecule has 0 bridgehead atoms. The molecule has 0 aliphatic rings. The first-order chi connectivity index (χ1) is 7.58. The zero-order chi connectivity index (χ0) is 12.1. The van der Waals surface area contributed by atoms with Gasteiger partial charge in [0.15, 0.2) is 0 Å². The third-order valence-corrected chi connectivity index (χ3v) is 3.62. The number of halogens is 1. The Labute approximate surface area is 106 Å². The molecule has 0 aliphatic carbocycles. The molecule has 0 heterocycles. The predicted octanol–water partition coefficient (Wildman–Crippen LogP) is 3.23. The van der Waals surface area contributed by atoms with E-state index in [0.717, 1.165) is 23.2 Å². The van der Waals surface area contributed by atoms with Gasteiger partial charge in [0.25, 0.3) is 0 Å². The normalized spacial score (nSPS) is 14.6. The van der Waals surface area contributed by atoms with Crippen molar-refractivity contribution in [2.45, 2.75) is 20.3 Å². The van der Waals surface area contributed by atoms with Crippen LogP contribution in [-0.2, 0) is 6.42 Å². The Balaban J connectivity index is 2.82. The van der Waals surface area contributed by atoms with Gasteiger partial charge in [0, 0.05) is 4.47 Å². The topological polar surface area (TPSA) is 35.2 Å². The minimum atomic E-state index is 0.531. The Kier molecular flexibility index (Phi) is 5.29. The van der Waals surface area contributed by atoms with Gasteiger partial charge >= 0.3 is 0 Å². The van der Waals surface area contributed by atoms with Crippen LogP contribution in [0, 0.1) is 11.8 Å². The molecule has 2 nitrogen and oxygen atoms in total. The zero-order valence-electron chi connectivity index (χ0n) is 10.2. The third kappa shape index (κ3) is 3.49. The quantitative estimate of drug-likeness (QED) is 0.902. The van der Waals surface area contributed by atoms with Crippen molar-refractivity contribution in [3.8, 4) is 5.75 Å². The molecule has 2 unspecified atom stereocenters.